The number of hydrogen-bond acceptors (Lipinski definition) is 1. The minimum absolute atomic E-state index is 0.677. The molecular weight excluding hydrogens is 160 g/mol. The van der Waals surface area contributed by atoms with E-state index in [1.54, 1.807) is 0 Å². The van der Waals surface area contributed by atoms with Gasteiger partial charge in [0.05, 0.1) is 0 Å². The second-order valence-corrected chi connectivity index (χ2v) is 4.71. The van der Waals surface area contributed by atoms with Gasteiger partial charge in [-0.25, -0.2) is 0 Å². The summed E-state index contributed by atoms with van der Waals surface area (Å²) in [5.74, 6) is 1.53. The topological polar surface area (TPSA) is 9.23 Å². The lowest BCUT2D eigenvalue weighted by atomic mass is 10.1. The molecule has 0 amide bonds. The first-order valence-corrected chi connectivity index (χ1v) is 5.70. The van der Waals surface area contributed by atoms with Gasteiger partial charge in [-0.05, 0) is 18.3 Å². The van der Waals surface area contributed by atoms with Gasteiger partial charge in [-0.3, -0.25) is 0 Å². The minimum atomic E-state index is 0.677. The second-order valence-electron chi connectivity index (χ2n) is 4.71. The number of unbranched alkanes of at least 4 members (excludes halogenated alkanes) is 2. The quantitative estimate of drug-likeness (QED) is 0.523. The third-order valence-electron chi connectivity index (χ3n) is 2.02. The highest BCUT2D eigenvalue weighted by Crippen LogP contribution is 2.08. The van der Waals surface area contributed by atoms with Crippen LogP contribution in [0.25, 0.3) is 0 Å². The molecule has 0 aliphatic heterocycles. The van der Waals surface area contributed by atoms with Crippen molar-refractivity contribution in [3.8, 4) is 0 Å². The van der Waals surface area contributed by atoms with E-state index in [2.05, 4.69) is 27.7 Å². The highest BCUT2D eigenvalue weighted by atomic mass is 16.5. The molecule has 0 unspecified atom stereocenters. The highest BCUT2D eigenvalue weighted by molar-refractivity contribution is 4.47. The predicted octanol–water partition coefficient (Wildman–Crippen LogP) is 3.88. The largest absolute Gasteiger partial charge is 0.381 e. The lowest BCUT2D eigenvalue weighted by molar-refractivity contribution is 0.106. The second kappa shape index (κ2) is 8.55. The van der Waals surface area contributed by atoms with Crippen molar-refractivity contribution in [2.24, 2.45) is 11.8 Å². The molecule has 0 spiro atoms. The molecule has 0 N–H and O–H groups in total. The Hall–Kier alpha value is -0.0400. The lowest BCUT2D eigenvalue weighted by Gasteiger charge is -2.07. The van der Waals surface area contributed by atoms with Gasteiger partial charge in [-0.2, -0.15) is 0 Å². The predicted molar refractivity (Wildman–Crippen MR) is 59.0 cm³/mol. The Balaban J connectivity index is 2.92. The van der Waals surface area contributed by atoms with Crippen LogP contribution in [-0.2, 0) is 4.74 Å². The highest BCUT2D eigenvalue weighted by Gasteiger charge is 1.95. The van der Waals surface area contributed by atoms with Crippen molar-refractivity contribution in [2.45, 2.75) is 53.4 Å². The van der Waals surface area contributed by atoms with Crippen molar-refractivity contribution in [3.63, 3.8) is 0 Å². The Labute approximate surface area is 83.9 Å². The third kappa shape index (κ3) is 12.0. The maximum absolute atomic E-state index is 5.50. The molecule has 0 atom stereocenters. The van der Waals surface area contributed by atoms with Gasteiger partial charge in [0, 0.05) is 13.2 Å². The van der Waals surface area contributed by atoms with Gasteiger partial charge in [0.1, 0.15) is 0 Å². The molecule has 0 aliphatic rings. The van der Waals surface area contributed by atoms with Crippen LogP contribution in [0.5, 0.6) is 0 Å². The maximum atomic E-state index is 5.50. The summed E-state index contributed by atoms with van der Waals surface area (Å²) in [5.41, 5.74) is 0. The first kappa shape index (κ1) is 13.0. The van der Waals surface area contributed by atoms with Gasteiger partial charge in [-0.1, -0.05) is 47.0 Å². The Kier molecular flexibility index (Phi) is 8.53. The van der Waals surface area contributed by atoms with Crippen molar-refractivity contribution in [1.29, 1.82) is 0 Å². The Morgan fingerprint density at radius 2 is 1.54 bits per heavy atom. The molecule has 0 radical (unpaired) electrons. The van der Waals surface area contributed by atoms with Crippen LogP contribution in [0.3, 0.4) is 0 Å². The molecule has 0 aromatic heterocycles. The van der Waals surface area contributed by atoms with E-state index in [0.29, 0.717) is 5.92 Å². The van der Waals surface area contributed by atoms with E-state index >= 15 is 0 Å². The van der Waals surface area contributed by atoms with Crippen LogP contribution in [0.4, 0.5) is 0 Å². The van der Waals surface area contributed by atoms with Gasteiger partial charge in [0.2, 0.25) is 0 Å². The summed E-state index contributed by atoms with van der Waals surface area (Å²) in [6.07, 6.45) is 5.29. The number of rotatable bonds is 8. The van der Waals surface area contributed by atoms with E-state index in [0.717, 1.165) is 19.1 Å². The van der Waals surface area contributed by atoms with E-state index in [4.69, 9.17) is 4.74 Å². The van der Waals surface area contributed by atoms with Crippen LogP contribution in [0.1, 0.15) is 53.4 Å². The average molecular weight is 186 g/mol. The molecule has 80 valence electrons. The van der Waals surface area contributed by atoms with Crippen LogP contribution < -0.4 is 0 Å². The van der Waals surface area contributed by atoms with Gasteiger partial charge in [-0.15, -0.1) is 0 Å². The SMILES string of the molecule is CC(C)CCCCCOCC(C)C. The monoisotopic (exact) mass is 186 g/mol. The molecule has 13 heavy (non-hydrogen) atoms. The minimum Gasteiger partial charge on any atom is -0.381 e. The number of hydrogen-bond donors (Lipinski definition) is 0. The van der Waals surface area contributed by atoms with Crippen LogP contribution in [-0.4, -0.2) is 13.2 Å². The summed E-state index contributed by atoms with van der Waals surface area (Å²) >= 11 is 0. The Morgan fingerprint density at radius 3 is 2.08 bits per heavy atom. The van der Waals surface area contributed by atoms with Crippen LogP contribution in [0.15, 0.2) is 0 Å². The molecule has 0 fully saturated rings. The molecule has 0 rings (SSSR count). The fraction of sp³-hybridized carbons (Fsp3) is 1.00. The van der Waals surface area contributed by atoms with Crippen molar-refractivity contribution in [1.82, 2.24) is 0 Å². The fourth-order valence-electron chi connectivity index (χ4n) is 1.25. The van der Waals surface area contributed by atoms with E-state index < -0.39 is 0 Å². The van der Waals surface area contributed by atoms with E-state index in [-0.39, 0.29) is 0 Å². The standard InChI is InChI=1S/C12H26O/c1-11(2)8-6-5-7-9-13-10-12(3)4/h11-12H,5-10H2,1-4H3. The van der Waals surface area contributed by atoms with Crippen molar-refractivity contribution >= 4 is 0 Å². The van der Waals surface area contributed by atoms with Crippen molar-refractivity contribution < 1.29 is 4.74 Å². The molecule has 0 heterocycles. The first-order valence-electron chi connectivity index (χ1n) is 5.70. The summed E-state index contributed by atoms with van der Waals surface area (Å²) in [5, 5.41) is 0. The van der Waals surface area contributed by atoms with Gasteiger partial charge in [0.15, 0.2) is 0 Å². The average Bonchev–Trinajstić information content (AvgIpc) is 2.01. The van der Waals surface area contributed by atoms with E-state index in [1.807, 2.05) is 0 Å². The lowest BCUT2D eigenvalue weighted by Crippen LogP contribution is -2.03. The molecule has 1 nitrogen and oxygen atoms in total. The molecule has 1 heteroatoms. The van der Waals surface area contributed by atoms with Gasteiger partial charge < -0.3 is 4.74 Å². The Morgan fingerprint density at radius 1 is 0.846 bits per heavy atom. The maximum Gasteiger partial charge on any atom is 0.0488 e. The zero-order chi connectivity index (χ0) is 10.1. The molecule has 0 aromatic carbocycles. The summed E-state index contributed by atoms with van der Waals surface area (Å²) in [6, 6.07) is 0. The third-order valence-corrected chi connectivity index (χ3v) is 2.02. The summed E-state index contributed by atoms with van der Waals surface area (Å²) in [4.78, 5) is 0. The van der Waals surface area contributed by atoms with E-state index in [1.165, 1.54) is 25.7 Å². The summed E-state index contributed by atoms with van der Waals surface area (Å²) in [7, 11) is 0. The van der Waals surface area contributed by atoms with Gasteiger partial charge >= 0.3 is 0 Å². The zero-order valence-electron chi connectivity index (χ0n) is 9.81. The molecule has 0 aliphatic carbocycles. The van der Waals surface area contributed by atoms with Crippen molar-refractivity contribution in [2.75, 3.05) is 13.2 Å². The smallest absolute Gasteiger partial charge is 0.0488 e. The Bertz CT molecular complexity index is 85.3. The van der Waals surface area contributed by atoms with Crippen LogP contribution >= 0.6 is 0 Å². The van der Waals surface area contributed by atoms with Crippen LogP contribution in [0.2, 0.25) is 0 Å². The molecule has 0 saturated carbocycles. The fourth-order valence-corrected chi connectivity index (χ4v) is 1.25. The van der Waals surface area contributed by atoms with Crippen LogP contribution in [0, 0.1) is 11.8 Å². The van der Waals surface area contributed by atoms with E-state index in [9.17, 15) is 0 Å². The van der Waals surface area contributed by atoms with Gasteiger partial charge in [0.25, 0.3) is 0 Å². The molecule has 0 aromatic rings. The molecule has 0 bridgehead atoms. The molecule has 0 saturated heterocycles. The first-order chi connectivity index (χ1) is 6.13. The van der Waals surface area contributed by atoms with Crippen molar-refractivity contribution in [3.05, 3.63) is 0 Å². The normalized spacial score (nSPS) is 11.5. The number of ether oxygens (including phenoxy) is 1. The zero-order valence-corrected chi connectivity index (χ0v) is 9.81. The summed E-state index contributed by atoms with van der Waals surface area (Å²) < 4.78 is 5.50. The summed E-state index contributed by atoms with van der Waals surface area (Å²) in [6.45, 7) is 10.8. The molecular formula is C12H26O.